The number of likely N-dealkylation sites (N-methyl/N-ethyl adjacent to an activating group) is 1. The predicted octanol–water partition coefficient (Wildman–Crippen LogP) is 2.31. The summed E-state index contributed by atoms with van der Waals surface area (Å²) in [5, 5.41) is 5.81. The lowest BCUT2D eigenvalue weighted by Gasteiger charge is -2.09. The molecule has 0 aliphatic heterocycles. The standard InChI is InChI=1S/C11H15BrN2O/c1-3-13-7-10(15)14-9-6-4-5-8(2)11(9)12/h4-6,13H,3,7H2,1-2H3,(H,14,15). The smallest absolute Gasteiger partial charge is 0.238 e. The Morgan fingerprint density at radius 3 is 2.87 bits per heavy atom. The Bertz CT molecular complexity index is 352. The fourth-order valence-electron chi connectivity index (χ4n) is 1.18. The minimum atomic E-state index is -0.0249. The maximum absolute atomic E-state index is 11.4. The number of hydrogen-bond donors (Lipinski definition) is 2. The molecule has 82 valence electrons. The first kappa shape index (κ1) is 12.2. The second-order valence-corrected chi connectivity index (χ2v) is 4.06. The molecule has 1 amide bonds. The van der Waals surface area contributed by atoms with Gasteiger partial charge < -0.3 is 10.6 Å². The third kappa shape index (κ3) is 3.64. The molecule has 0 bridgehead atoms. The summed E-state index contributed by atoms with van der Waals surface area (Å²) in [4.78, 5) is 11.4. The Kier molecular flexibility index (Phi) is 4.78. The fourth-order valence-corrected chi connectivity index (χ4v) is 1.54. The van der Waals surface area contributed by atoms with Gasteiger partial charge in [0.15, 0.2) is 0 Å². The summed E-state index contributed by atoms with van der Waals surface area (Å²) >= 11 is 3.44. The Morgan fingerprint density at radius 1 is 1.47 bits per heavy atom. The van der Waals surface area contributed by atoms with Gasteiger partial charge in [-0.3, -0.25) is 4.79 Å². The SMILES string of the molecule is CCNCC(=O)Nc1cccc(C)c1Br. The van der Waals surface area contributed by atoms with Gasteiger partial charge in [-0.25, -0.2) is 0 Å². The van der Waals surface area contributed by atoms with Crippen LogP contribution in [0.3, 0.4) is 0 Å². The molecule has 15 heavy (non-hydrogen) atoms. The van der Waals surface area contributed by atoms with Crippen molar-refractivity contribution in [3.05, 3.63) is 28.2 Å². The van der Waals surface area contributed by atoms with Crippen molar-refractivity contribution in [3.8, 4) is 0 Å². The zero-order chi connectivity index (χ0) is 11.3. The molecule has 3 nitrogen and oxygen atoms in total. The number of halogens is 1. The van der Waals surface area contributed by atoms with E-state index >= 15 is 0 Å². The summed E-state index contributed by atoms with van der Waals surface area (Å²) in [5.74, 6) is -0.0249. The molecule has 1 aromatic carbocycles. The molecule has 0 radical (unpaired) electrons. The van der Waals surface area contributed by atoms with Crippen LogP contribution in [0.4, 0.5) is 5.69 Å². The molecule has 1 rings (SSSR count). The first-order chi connectivity index (χ1) is 7.15. The highest BCUT2D eigenvalue weighted by Gasteiger charge is 2.05. The molecule has 4 heteroatoms. The van der Waals surface area contributed by atoms with Gasteiger partial charge in [-0.2, -0.15) is 0 Å². The molecule has 0 atom stereocenters. The van der Waals surface area contributed by atoms with Crippen LogP contribution >= 0.6 is 15.9 Å². The number of aryl methyl sites for hydroxylation is 1. The lowest BCUT2D eigenvalue weighted by Crippen LogP contribution is -2.27. The first-order valence-electron chi connectivity index (χ1n) is 4.90. The van der Waals surface area contributed by atoms with Gasteiger partial charge in [0.25, 0.3) is 0 Å². The van der Waals surface area contributed by atoms with Crippen molar-refractivity contribution in [1.82, 2.24) is 5.32 Å². The number of benzene rings is 1. The van der Waals surface area contributed by atoms with E-state index in [0.29, 0.717) is 6.54 Å². The van der Waals surface area contributed by atoms with E-state index in [1.165, 1.54) is 0 Å². The Balaban J connectivity index is 2.64. The quantitative estimate of drug-likeness (QED) is 0.882. The molecule has 1 aromatic rings. The molecule has 0 spiro atoms. The van der Waals surface area contributed by atoms with Gasteiger partial charge in [0.05, 0.1) is 12.2 Å². The minimum absolute atomic E-state index is 0.0249. The number of carbonyl (C=O) groups excluding carboxylic acids is 1. The highest BCUT2D eigenvalue weighted by molar-refractivity contribution is 9.10. The second-order valence-electron chi connectivity index (χ2n) is 3.26. The average Bonchev–Trinajstić information content (AvgIpc) is 2.22. The summed E-state index contributed by atoms with van der Waals surface area (Å²) in [7, 11) is 0. The van der Waals surface area contributed by atoms with Crippen molar-refractivity contribution in [2.24, 2.45) is 0 Å². The number of anilines is 1. The van der Waals surface area contributed by atoms with E-state index < -0.39 is 0 Å². The van der Waals surface area contributed by atoms with E-state index in [1.54, 1.807) is 0 Å². The summed E-state index contributed by atoms with van der Waals surface area (Å²) in [5.41, 5.74) is 1.93. The molecule has 2 N–H and O–H groups in total. The normalized spacial score (nSPS) is 10.1. The largest absolute Gasteiger partial charge is 0.324 e. The third-order valence-electron chi connectivity index (χ3n) is 2.00. The predicted molar refractivity (Wildman–Crippen MR) is 66.1 cm³/mol. The van der Waals surface area contributed by atoms with Crippen molar-refractivity contribution in [2.75, 3.05) is 18.4 Å². The fraction of sp³-hybridized carbons (Fsp3) is 0.364. The van der Waals surface area contributed by atoms with Crippen LogP contribution in [-0.4, -0.2) is 19.0 Å². The van der Waals surface area contributed by atoms with E-state index in [9.17, 15) is 4.79 Å². The summed E-state index contributed by atoms with van der Waals surface area (Å²) < 4.78 is 0.940. The lowest BCUT2D eigenvalue weighted by molar-refractivity contribution is -0.115. The zero-order valence-electron chi connectivity index (χ0n) is 8.93. The van der Waals surface area contributed by atoms with Gasteiger partial charge in [-0.15, -0.1) is 0 Å². The van der Waals surface area contributed by atoms with Crippen molar-refractivity contribution in [1.29, 1.82) is 0 Å². The number of nitrogens with one attached hydrogen (secondary N) is 2. The highest BCUT2D eigenvalue weighted by Crippen LogP contribution is 2.25. The monoisotopic (exact) mass is 270 g/mol. The molecular weight excluding hydrogens is 256 g/mol. The second kappa shape index (κ2) is 5.88. The summed E-state index contributed by atoms with van der Waals surface area (Å²) in [6.45, 7) is 5.10. The van der Waals surface area contributed by atoms with Crippen LogP contribution in [0, 0.1) is 6.92 Å². The topological polar surface area (TPSA) is 41.1 Å². The van der Waals surface area contributed by atoms with Gasteiger partial charge in [0, 0.05) is 4.47 Å². The van der Waals surface area contributed by atoms with E-state index in [2.05, 4.69) is 26.6 Å². The molecule has 0 aromatic heterocycles. The molecule has 0 fully saturated rings. The highest BCUT2D eigenvalue weighted by atomic mass is 79.9. The van der Waals surface area contributed by atoms with Gasteiger partial charge in [0.2, 0.25) is 5.91 Å². The molecular formula is C11H15BrN2O. The molecule has 0 aliphatic rings. The van der Waals surface area contributed by atoms with E-state index in [-0.39, 0.29) is 5.91 Å². The molecule has 0 aliphatic carbocycles. The Hall–Kier alpha value is -0.870. The van der Waals surface area contributed by atoms with Crippen molar-refractivity contribution >= 4 is 27.5 Å². The van der Waals surface area contributed by atoms with Crippen molar-refractivity contribution < 1.29 is 4.79 Å². The number of rotatable bonds is 4. The number of carbonyl (C=O) groups is 1. The van der Waals surface area contributed by atoms with E-state index in [4.69, 9.17) is 0 Å². The number of amides is 1. The van der Waals surface area contributed by atoms with Crippen LogP contribution in [0.5, 0.6) is 0 Å². The van der Waals surface area contributed by atoms with Gasteiger partial charge >= 0.3 is 0 Å². The van der Waals surface area contributed by atoms with Crippen molar-refractivity contribution in [2.45, 2.75) is 13.8 Å². The van der Waals surface area contributed by atoms with Crippen LogP contribution in [0.25, 0.3) is 0 Å². The van der Waals surface area contributed by atoms with E-state index in [0.717, 1.165) is 22.3 Å². The maximum atomic E-state index is 11.4. The minimum Gasteiger partial charge on any atom is -0.324 e. The first-order valence-corrected chi connectivity index (χ1v) is 5.70. The molecule has 0 unspecified atom stereocenters. The third-order valence-corrected chi connectivity index (χ3v) is 3.05. The van der Waals surface area contributed by atoms with Gasteiger partial charge in [0.1, 0.15) is 0 Å². The van der Waals surface area contributed by atoms with Crippen LogP contribution in [0.1, 0.15) is 12.5 Å². The van der Waals surface area contributed by atoms with Gasteiger partial charge in [-0.05, 0) is 41.0 Å². The average molecular weight is 271 g/mol. The summed E-state index contributed by atoms with van der Waals surface area (Å²) in [6.07, 6.45) is 0. The van der Waals surface area contributed by atoms with Crippen LogP contribution in [0.2, 0.25) is 0 Å². The van der Waals surface area contributed by atoms with Crippen LogP contribution < -0.4 is 10.6 Å². The maximum Gasteiger partial charge on any atom is 0.238 e. The van der Waals surface area contributed by atoms with Crippen LogP contribution in [-0.2, 0) is 4.79 Å². The molecule has 0 saturated heterocycles. The number of hydrogen-bond acceptors (Lipinski definition) is 2. The van der Waals surface area contributed by atoms with Crippen molar-refractivity contribution in [3.63, 3.8) is 0 Å². The Labute approximate surface area is 98.4 Å². The Morgan fingerprint density at radius 2 is 2.20 bits per heavy atom. The molecule has 0 saturated carbocycles. The molecule has 0 heterocycles. The summed E-state index contributed by atoms with van der Waals surface area (Å²) in [6, 6.07) is 5.79. The van der Waals surface area contributed by atoms with E-state index in [1.807, 2.05) is 32.0 Å². The van der Waals surface area contributed by atoms with Gasteiger partial charge in [-0.1, -0.05) is 19.1 Å². The lowest BCUT2D eigenvalue weighted by atomic mass is 10.2. The zero-order valence-corrected chi connectivity index (χ0v) is 10.5. The van der Waals surface area contributed by atoms with Crippen LogP contribution in [0.15, 0.2) is 22.7 Å².